The lowest BCUT2D eigenvalue weighted by Gasteiger charge is -2.33. The van der Waals surface area contributed by atoms with E-state index < -0.39 is 17.8 Å². The Kier molecular flexibility index (Phi) is 6.90. The van der Waals surface area contributed by atoms with E-state index in [-0.39, 0.29) is 24.5 Å². The van der Waals surface area contributed by atoms with Gasteiger partial charge in [0.2, 0.25) is 11.8 Å². The molecule has 1 atom stereocenters. The van der Waals surface area contributed by atoms with Crippen LogP contribution in [0, 0.1) is 5.92 Å². The summed E-state index contributed by atoms with van der Waals surface area (Å²) in [6.07, 6.45) is -0.130. The van der Waals surface area contributed by atoms with Crippen molar-refractivity contribution in [2.75, 3.05) is 11.9 Å². The number of benzene rings is 2. The first-order chi connectivity index (χ1) is 14.4. The minimum Gasteiger partial charge on any atom is -0.463 e. The predicted molar refractivity (Wildman–Crippen MR) is 115 cm³/mol. The number of nitrogens with zero attached hydrogens (tertiary/aromatic N) is 1. The second-order valence-corrected chi connectivity index (χ2v) is 7.32. The molecule has 0 fully saturated rings. The first kappa shape index (κ1) is 21.6. The third kappa shape index (κ3) is 4.71. The van der Waals surface area contributed by atoms with Crippen LogP contribution in [0.2, 0.25) is 5.02 Å². The minimum atomic E-state index is -0.958. The lowest BCUT2D eigenvalue weighted by molar-refractivity contribution is -0.142. The molecule has 1 aliphatic heterocycles. The maximum absolute atomic E-state index is 13.0. The van der Waals surface area contributed by atoms with E-state index in [4.69, 9.17) is 16.3 Å². The molecule has 156 valence electrons. The number of amides is 2. The topological polar surface area (TPSA) is 75.7 Å². The Morgan fingerprint density at radius 3 is 2.47 bits per heavy atom. The molecule has 0 saturated carbocycles. The second kappa shape index (κ2) is 9.59. The van der Waals surface area contributed by atoms with E-state index in [2.05, 4.69) is 5.32 Å². The van der Waals surface area contributed by atoms with Crippen LogP contribution >= 0.6 is 11.6 Å². The molecule has 0 spiro atoms. The van der Waals surface area contributed by atoms with Gasteiger partial charge in [-0.25, -0.2) is 4.79 Å². The first-order valence-corrected chi connectivity index (χ1v) is 10.1. The van der Waals surface area contributed by atoms with Crippen molar-refractivity contribution in [3.8, 4) is 0 Å². The normalized spacial score (nSPS) is 16.4. The fourth-order valence-corrected chi connectivity index (χ4v) is 3.63. The standard InChI is InChI=1S/C23H23ClN2O4/c1-3-30-23(29)21-15(2)26(14-16-9-5-4-6-10-16)20(27)13-17(21)22(28)25-19-12-8-7-11-18(19)24/h4-12,17H,3,13-14H2,1-2H3,(H,25,28)/t17-/m1/s1. The third-order valence-electron chi connectivity index (χ3n) is 4.95. The zero-order valence-electron chi connectivity index (χ0n) is 16.9. The molecule has 7 heteroatoms. The first-order valence-electron chi connectivity index (χ1n) is 9.70. The third-order valence-corrected chi connectivity index (χ3v) is 5.28. The quantitative estimate of drug-likeness (QED) is 0.703. The Morgan fingerprint density at radius 2 is 1.80 bits per heavy atom. The van der Waals surface area contributed by atoms with E-state index in [1.165, 1.54) is 4.90 Å². The van der Waals surface area contributed by atoms with Gasteiger partial charge in [-0.05, 0) is 31.5 Å². The van der Waals surface area contributed by atoms with Crippen LogP contribution in [0.1, 0.15) is 25.8 Å². The van der Waals surface area contributed by atoms with Gasteiger partial charge in [-0.15, -0.1) is 0 Å². The number of hydrogen-bond donors (Lipinski definition) is 1. The van der Waals surface area contributed by atoms with Gasteiger partial charge < -0.3 is 15.0 Å². The Morgan fingerprint density at radius 1 is 1.13 bits per heavy atom. The Hall–Kier alpha value is -3.12. The van der Waals surface area contributed by atoms with Gasteiger partial charge in [-0.2, -0.15) is 0 Å². The fraction of sp³-hybridized carbons (Fsp3) is 0.261. The van der Waals surface area contributed by atoms with Crippen LogP contribution in [0.25, 0.3) is 0 Å². The van der Waals surface area contributed by atoms with Gasteiger partial charge in [-0.3, -0.25) is 9.59 Å². The van der Waals surface area contributed by atoms with Crippen molar-refractivity contribution in [3.05, 3.63) is 76.5 Å². The molecule has 2 aromatic carbocycles. The van der Waals surface area contributed by atoms with Crippen molar-refractivity contribution in [2.45, 2.75) is 26.8 Å². The molecule has 2 aromatic rings. The van der Waals surface area contributed by atoms with Crippen LogP contribution < -0.4 is 5.32 Å². The average Bonchev–Trinajstić information content (AvgIpc) is 2.73. The molecule has 0 aliphatic carbocycles. The molecule has 0 aromatic heterocycles. The number of halogens is 1. The molecule has 2 amide bonds. The highest BCUT2D eigenvalue weighted by atomic mass is 35.5. The van der Waals surface area contributed by atoms with Gasteiger partial charge >= 0.3 is 5.97 Å². The van der Waals surface area contributed by atoms with E-state index in [9.17, 15) is 14.4 Å². The summed E-state index contributed by atoms with van der Waals surface area (Å²) in [6.45, 7) is 3.85. The maximum atomic E-state index is 13.0. The molecular weight excluding hydrogens is 404 g/mol. The fourth-order valence-electron chi connectivity index (χ4n) is 3.45. The van der Waals surface area contributed by atoms with Crippen molar-refractivity contribution < 1.29 is 19.1 Å². The van der Waals surface area contributed by atoms with Crippen molar-refractivity contribution in [3.63, 3.8) is 0 Å². The van der Waals surface area contributed by atoms with E-state index in [0.717, 1.165) is 5.56 Å². The van der Waals surface area contributed by atoms with E-state index in [1.807, 2.05) is 30.3 Å². The number of anilines is 1. The van der Waals surface area contributed by atoms with Crippen LogP contribution in [-0.2, 0) is 25.7 Å². The van der Waals surface area contributed by atoms with Crippen molar-refractivity contribution in [2.24, 2.45) is 5.92 Å². The predicted octanol–water partition coefficient (Wildman–Crippen LogP) is 4.16. The number of nitrogens with one attached hydrogen (secondary N) is 1. The Bertz CT molecular complexity index is 988. The molecule has 6 nitrogen and oxygen atoms in total. The highest BCUT2D eigenvalue weighted by molar-refractivity contribution is 6.33. The maximum Gasteiger partial charge on any atom is 0.336 e. The lowest BCUT2D eigenvalue weighted by Crippen LogP contribution is -2.42. The van der Waals surface area contributed by atoms with Crippen LogP contribution in [-0.4, -0.2) is 29.3 Å². The van der Waals surface area contributed by atoms with Crippen molar-refractivity contribution >= 4 is 35.1 Å². The molecular formula is C23H23ClN2O4. The number of esters is 1. The van der Waals surface area contributed by atoms with Gasteiger partial charge in [0.15, 0.2) is 0 Å². The van der Waals surface area contributed by atoms with Gasteiger partial charge in [0.05, 0.1) is 35.4 Å². The molecule has 1 heterocycles. The zero-order valence-corrected chi connectivity index (χ0v) is 17.6. The molecule has 3 rings (SSSR count). The average molecular weight is 427 g/mol. The van der Waals surface area contributed by atoms with Crippen LogP contribution in [0.15, 0.2) is 65.9 Å². The summed E-state index contributed by atoms with van der Waals surface area (Å²) in [7, 11) is 0. The highest BCUT2D eigenvalue weighted by Gasteiger charge is 2.40. The monoisotopic (exact) mass is 426 g/mol. The number of ether oxygens (including phenoxy) is 1. The molecule has 0 saturated heterocycles. The van der Waals surface area contributed by atoms with Gasteiger partial charge in [0, 0.05) is 12.1 Å². The van der Waals surface area contributed by atoms with Gasteiger partial charge in [0.25, 0.3) is 0 Å². The Labute approximate surface area is 180 Å². The number of carbonyl (C=O) groups is 3. The Balaban J connectivity index is 1.94. The number of carbonyl (C=O) groups excluding carboxylic acids is 3. The van der Waals surface area contributed by atoms with Gasteiger partial charge in [-0.1, -0.05) is 54.1 Å². The molecule has 1 N–H and O–H groups in total. The lowest BCUT2D eigenvalue weighted by atomic mass is 9.88. The SMILES string of the molecule is CCOC(=O)C1=C(C)N(Cc2ccccc2)C(=O)C[C@H]1C(=O)Nc1ccccc1Cl. The number of hydrogen-bond acceptors (Lipinski definition) is 4. The summed E-state index contributed by atoms with van der Waals surface area (Å²) >= 11 is 6.13. The highest BCUT2D eigenvalue weighted by Crippen LogP contribution is 2.32. The number of rotatable bonds is 6. The van der Waals surface area contributed by atoms with Gasteiger partial charge in [0.1, 0.15) is 0 Å². The summed E-state index contributed by atoms with van der Waals surface area (Å²) in [5.41, 5.74) is 1.96. The zero-order chi connectivity index (χ0) is 21.7. The molecule has 0 bridgehead atoms. The summed E-state index contributed by atoms with van der Waals surface area (Å²) < 4.78 is 5.20. The molecule has 30 heavy (non-hydrogen) atoms. The van der Waals surface area contributed by atoms with Crippen LogP contribution in [0.5, 0.6) is 0 Å². The smallest absolute Gasteiger partial charge is 0.336 e. The van der Waals surface area contributed by atoms with E-state index in [1.54, 1.807) is 38.1 Å². The van der Waals surface area contributed by atoms with E-state index >= 15 is 0 Å². The van der Waals surface area contributed by atoms with E-state index in [0.29, 0.717) is 23.0 Å². The van der Waals surface area contributed by atoms with Crippen LogP contribution in [0.3, 0.4) is 0 Å². The van der Waals surface area contributed by atoms with Crippen LogP contribution in [0.4, 0.5) is 5.69 Å². The second-order valence-electron chi connectivity index (χ2n) is 6.91. The number of para-hydroxylation sites is 1. The van der Waals surface area contributed by atoms with Crippen molar-refractivity contribution in [1.82, 2.24) is 4.90 Å². The largest absolute Gasteiger partial charge is 0.463 e. The molecule has 1 aliphatic rings. The summed E-state index contributed by atoms with van der Waals surface area (Å²) in [5, 5.41) is 3.10. The summed E-state index contributed by atoms with van der Waals surface area (Å²) in [5.74, 6) is -2.26. The summed E-state index contributed by atoms with van der Waals surface area (Å²) in [6, 6.07) is 16.3. The van der Waals surface area contributed by atoms with Crippen molar-refractivity contribution in [1.29, 1.82) is 0 Å². The summed E-state index contributed by atoms with van der Waals surface area (Å²) in [4.78, 5) is 40.2. The molecule has 0 radical (unpaired) electrons. The number of allylic oxidation sites excluding steroid dienone is 1. The molecule has 0 unspecified atom stereocenters. The minimum absolute atomic E-state index is 0.130.